The molecule has 0 aromatic rings. The maximum Gasteiger partial charge on any atom is 2.00 e. The molecule has 66 valence electrons. The van der Waals surface area contributed by atoms with Crippen molar-refractivity contribution in [2.45, 2.75) is 0 Å². The van der Waals surface area contributed by atoms with Crippen LogP contribution in [-0.2, 0) is 19.5 Å². The topological polar surface area (TPSA) is 6.48 Å². The Morgan fingerprint density at radius 3 is 1.00 bits per heavy atom. The summed E-state index contributed by atoms with van der Waals surface area (Å²) in [5.74, 6) is 0. The van der Waals surface area contributed by atoms with Crippen molar-refractivity contribution in [3.63, 3.8) is 0 Å². The van der Waals surface area contributed by atoms with E-state index in [9.17, 15) is 0 Å². The van der Waals surface area contributed by atoms with Gasteiger partial charge in [-0.05, 0) is 28.2 Å². The van der Waals surface area contributed by atoms with Gasteiger partial charge in [-0.25, -0.2) is 0 Å². The average Bonchev–Trinajstić information content (AvgIpc) is 1.61. The van der Waals surface area contributed by atoms with E-state index in [0.717, 1.165) is 13.1 Å². The zero-order valence-electron chi connectivity index (χ0n) is 7.77. The van der Waals surface area contributed by atoms with Gasteiger partial charge in [0.2, 0.25) is 0 Å². The van der Waals surface area contributed by atoms with Crippen LogP contribution < -0.4 is 24.8 Å². The molecule has 0 fully saturated rings. The molecule has 0 bridgehead atoms. The summed E-state index contributed by atoms with van der Waals surface area (Å²) < 4.78 is 0. The van der Waals surface area contributed by atoms with Gasteiger partial charge in [0, 0.05) is 13.1 Å². The third-order valence-corrected chi connectivity index (χ3v) is 0.994. The minimum absolute atomic E-state index is 0. The maximum absolute atomic E-state index is 2.18. The van der Waals surface area contributed by atoms with E-state index in [0.29, 0.717) is 0 Å². The van der Waals surface area contributed by atoms with Crippen LogP contribution >= 0.6 is 0 Å². The molecule has 0 aromatic heterocycles. The molecule has 0 aliphatic carbocycles. The summed E-state index contributed by atoms with van der Waals surface area (Å²) in [5, 5.41) is 0. The molecule has 0 N–H and O–H groups in total. The third-order valence-electron chi connectivity index (χ3n) is 0.994. The first-order chi connectivity index (χ1) is 3.63. The summed E-state index contributed by atoms with van der Waals surface area (Å²) in [4.78, 5) is 4.36. The number of hydrogen-bond acceptors (Lipinski definition) is 2. The second-order valence-electron chi connectivity index (χ2n) is 2.61. The second kappa shape index (κ2) is 13.7. The normalized spacial score (nSPS) is 8.18. The molecule has 0 radical (unpaired) electrons. The first-order valence-corrected chi connectivity index (χ1v) is 2.92. The summed E-state index contributed by atoms with van der Waals surface area (Å²) in [7, 11) is 8.35. The van der Waals surface area contributed by atoms with Crippen LogP contribution in [-0.4, -0.2) is 51.1 Å². The van der Waals surface area contributed by atoms with Crippen molar-refractivity contribution in [3.05, 3.63) is 0 Å². The van der Waals surface area contributed by atoms with Crippen LogP contribution in [0.4, 0.5) is 0 Å². The van der Waals surface area contributed by atoms with Gasteiger partial charge in [0.05, 0.1) is 0 Å². The Bertz CT molecular complexity index is 54.5. The van der Waals surface area contributed by atoms with Crippen molar-refractivity contribution < 1.29 is 44.3 Å². The van der Waals surface area contributed by atoms with Gasteiger partial charge in [0.1, 0.15) is 0 Å². The van der Waals surface area contributed by atoms with Gasteiger partial charge in [-0.2, -0.15) is 0 Å². The predicted octanol–water partition coefficient (Wildman–Crippen LogP) is -5.88. The van der Waals surface area contributed by atoms with Gasteiger partial charge in [-0.3, -0.25) is 0 Å². The molecule has 0 rings (SSSR count). The molecule has 0 aliphatic heterocycles. The van der Waals surface area contributed by atoms with E-state index in [1.165, 1.54) is 0 Å². The van der Waals surface area contributed by atoms with E-state index >= 15 is 0 Å². The minimum Gasteiger partial charge on any atom is -1.00 e. The molecule has 0 saturated heterocycles. The van der Waals surface area contributed by atoms with E-state index in [4.69, 9.17) is 0 Å². The van der Waals surface area contributed by atoms with Crippen LogP contribution in [0.5, 0.6) is 0 Å². The van der Waals surface area contributed by atoms with E-state index in [1.54, 1.807) is 0 Å². The van der Waals surface area contributed by atoms with Crippen LogP contribution in [0, 0.1) is 0 Å². The fraction of sp³-hybridized carbons (Fsp3) is 1.00. The fourth-order valence-corrected chi connectivity index (χ4v) is 0.400. The average molecular weight is 253 g/mol. The summed E-state index contributed by atoms with van der Waals surface area (Å²) in [5.41, 5.74) is 0. The Morgan fingerprint density at radius 2 is 0.909 bits per heavy atom. The maximum atomic E-state index is 2.18. The zero-order chi connectivity index (χ0) is 6.57. The van der Waals surface area contributed by atoms with E-state index in [-0.39, 0.29) is 44.3 Å². The van der Waals surface area contributed by atoms with Crippen molar-refractivity contribution >= 4 is 0 Å². The molecule has 5 heteroatoms. The summed E-state index contributed by atoms with van der Waals surface area (Å²) >= 11 is 0. The van der Waals surface area contributed by atoms with Crippen LogP contribution in [0.15, 0.2) is 0 Å². The van der Waals surface area contributed by atoms with Gasteiger partial charge in [-0.1, -0.05) is 0 Å². The van der Waals surface area contributed by atoms with Crippen molar-refractivity contribution in [3.8, 4) is 0 Å². The van der Waals surface area contributed by atoms with E-state index in [2.05, 4.69) is 38.0 Å². The Morgan fingerprint density at radius 1 is 0.727 bits per heavy atom. The van der Waals surface area contributed by atoms with Gasteiger partial charge < -0.3 is 34.6 Å². The molecular weight excluding hydrogens is 236 g/mol. The monoisotopic (exact) mass is 250 g/mol. The first-order valence-electron chi connectivity index (χ1n) is 2.92. The molecule has 2 nitrogen and oxygen atoms in total. The number of halogens is 2. The largest absolute Gasteiger partial charge is 2.00 e. The van der Waals surface area contributed by atoms with Crippen LogP contribution in [0.1, 0.15) is 0 Å². The van der Waals surface area contributed by atoms with Crippen molar-refractivity contribution in [1.82, 2.24) is 9.80 Å². The van der Waals surface area contributed by atoms with Crippen molar-refractivity contribution in [1.29, 1.82) is 0 Å². The van der Waals surface area contributed by atoms with Gasteiger partial charge in [0.15, 0.2) is 0 Å². The standard InChI is InChI=1S/C6H16N2.2ClH.Zn/c1-7(2)5-6-8(3)4;;;/h5-6H2,1-4H3;2*1H;/q;;;+2/p-2. The third kappa shape index (κ3) is 24.7. The van der Waals surface area contributed by atoms with Gasteiger partial charge >= 0.3 is 19.5 Å². The van der Waals surface area contributed by atoms with Crippen LogP contribution in [0.2, 0.25) is 0 Å². The first kappa shape index (κ1) is 22.7. The Labute approximate surface area is 95.3 Å². The molecule has 0 aliphatic rings. The number of nitrogens with zero attached hydrogens (tertiary/aromatic N) is 2. The molecule has 0 heterocycles. The van der Waals surface area contributed by atoms with Crippen LogP contribution in [0.3, 0.4) is 0 Å². The van der Waals surface area contributed by atoms with E-state index < -0.39 is 0 Å². The number of likely N-dealkylation sites (N-methyl/N-ethyl adjacent to an activating group) is 2. The van der Waals surface area contributed by atoms with Gasteiger partial charge in [0.25, 0.3) is 0 Å². The summed E-state index contributed by atoms with van der Waals surface area (Å²) in [6.07, 6.45) is 0. The molecule has 0 aromatic carbocycles. The number of hydrogen-bond donors (Lipinski definition) is 0. The quantitative estimate of drug-likeness (QED) is 0.462. The SMILES string of the molecule is CN(C)CCN(C)C.[Cl-].[Cl-].[Zn+2]. The smallest absolute Gasteiger partial charge is 1.00 e. The molecule has 0 amide bonds. The second-order valence-corrected chi connectivity index (χ2v) is 2.61. The predicted molar refractivity (Wildman–Crippen MR) is 37.1 cm³/mol. The van der Waals surface area contributed by atoms with Gasteiger partial charge in [-0.15, -0.1) is 0 Å². The number of rotatable bonds is 3. The molecular formula is C6H16Cl2N2Zn. The summed E-state index contributed by atoms with van der Waals surface area (Å²) in [6.45, 7) is 2.29. The molecule has 0 spiro atoms. The van der Waals surface area contributed by atoms with Crippen molar-refractivity contribution in [2.24, 2.45) is 0 Å². The Balaban J connectivity index is -0.0000000817. The molecule has 11 heavy (non-hydrogen) atoms. The minimum atomic E-state index is 0. The van der Waals surface area contributed by atoms with Crippen LogP contribution in [0.25, 0.3) is 0 Å². The summed E-state index contributed by atoms with van der Waals surface area (Å²) in [6, 6.07) is 0. The molecule has 0 atom stereocenters. The Kier molecular flexibility index (Phi) is 28.3. The zero-order valence-corrected chi connectivity index (χ0v) is 12.3. The molecule has 0 saturated carbocycles. The molecule has 0 unspecified atom stereocenters. The van der Waals surface area contributed by atoms with Crippen molar-refractivity contribution in [2.75, 3.05) is 41.3 Å². The van der Waals surface area contributed by atoms with E-state index in [1.807, 2.05) is 0 Å². The fourth-order valence-electron chi connectivity index (χ4n) is 0.400. The Hall–Kier alpha value is 1.12.